The molecule has 0 fully saturated rings. The molecule has 110 valence electrons. The van der Waals surface area contributed by atoms with Crippen molar-refractivity contribution in [2.24, 2.45) is 7.05 Å². The molecule has 0 bridgehead atoms. The number of benzene rings is 1. The van der Waals surface area contributed by atoms with Crippen molar-refractivity contribution >= 4 is 23.2 Å². The van der Waals surface area contributed by atoms with Crippen LogP contribution >= 0.6 is 11.6 Å². The van der Waals surface area contributed by atoms with E-state index in [9.17, 15) is 14.9 Å². The second-order valence-corrected chi connectivity index (χ2v) is 4.89. The molecule has 0 spiro atoms. The number of nitro groups is 1. The van der Waals surface area contributed by atoms with E-state index in [2.05, 4.69) is 10.4 Å². The van der Waals surface area contributed by atoms with E-state index >= 15 is 0 Å². The van der Waals surface area contributed by atoms with Crippen LogP contribution in [0.3, 0.4) is 0 Å². The van der Waals surface area contributed by atoms with Crippen LogP contribution in [0, 0.1) is 17.0 Å². The number of hydrogen-bond acceptors (Lipinski definition) is 4. The highest BCUT2D eigenvalue weighted by Gasteiger charge is 2.15. The third-order valence-corrected chi connectivity index (χ3v) is 3.50. The molecule has 1 aromatic heterocycles. The van der Waals surface area contributed by atoms with Gasteiger partial charge in [-0.05, 0) is 13.0 Å². The van der Waals surface area contributed by atoms with Crippen molar-refractivity contribution in [1.82, 2.24) is 15.1 Å². The Labute approximate surface area is 125 Å². The Morgan fingerprint density at radius 1 is 1.52 bits per heavy atom. The molecule has 8 heteroatoms. The van der Waals surface area contributed by atoms with E-state index in [-0.39, 0.29) is 16.3 Å². The van der Waals surface area contributed by atoms with Gasteiger partial charge in [0.2, 0.25) is 0 Å². The first kappa shape index (κ1) is 15.0. The standard InChI is InChI=1S/C13H13ClN4O3/c1-8-9(7-16-17(8)2)6-15-13(19)11-4-3-10(18(20)21)5-12(11)14/h3-5,7H,6H2,1-2H3,(H,15,19). The van der Waals surface area contributed by atoms with Gasteiger partial charge in [0.15, 0.2) is 0 Å². The highest BCUT2D eigenvalue weighted by molar-refractivity contribution is 6.34. The van der Waals surface area contributed by atoms with Crippen LogP contribution in [0.15, 0.2) is 24.4 Å². The lowest BCUT2D eigenvalue weighted by Gasteiger charge is -2.06. The minimum atomic E-state index is -0.563. The van der Waals surface area contributed by atoms with Crippen molar-refractivity contribution in [1.29, 1.82) is 0 Å². The number of nitro benzene ring substituents is 1. The summed E-state index contributed by atoms with van der Waals surface area (Å²) in [6.07, 6.45) is 1.67. The van der Waals surface area contributed by atoms with E-state index in [0.717, 1.165) is 17.3 Å². The zero-order valence-corrected chi connectivity index (χ0v) is 12.2. The molecule has 1 heterocycles. The number of non-ortho nitro benzene ring substituents is 1. The van der Waals surface area contributed by atoms with Crippen molar-refractivity contribution in [2.45, 2.75) is 13.5 Å². The molecule has 2 rings (SSSR count). The Morgan fingerprint density at radius 2 is 2.24 bits per heavy atom. The Kier molecular flexibility index (Phi) is 4.23. The average molecular weight is 309 g/mol. The summed E-state index contributed by atoms with van der Waals surface area (Å²) in [7, 11) is 1.81. The molecule has 7 nitrogen and oxygen atoms in total. The SMILES string of the molecule is Cc1c(CNC(=O)c2ccc([N+](=O)[O-])cc2Cl)cnn1C. The van der Waals surface area contributed by atoms with E-state index < -0.39 is 10.8 Å². The van der Waals surface area contributed by atoms with Gasteiger partial charge in [0.1, 0.15) is 0 Å². The van der Waals surface area contributed by atoms with E-state index in [0.29, 0.717) is 6.54 Å². The van der Waals surface area contributed by atoms with Crippen LogP contribution in [0.1, 0.15) is 21.6 Å². The molecule has 1 aromatic carbocycles. The molecule has 0 aliphatic heterocycles. The summed E-state index contributed by atoms with van der Waals surface area (Å²) in [5, 5.41) is 17.5. The lowest BCUT2D eigenvalue weighted by atomic mass is 10.2. The molecular weight excluding hydrogens is 296 g/mol. The summed E-state index contributed by atoms with van der Waals surface area (Å²) >= 11 is 5.90. The monoisotopic (exact) mass is 308 g/mol. The number of nitrogens with zero attached hydrogens (tertiary/aromatic N) is 3. The van der Waals surface area contributed by atoms with Crippen LogP contribution in [0.5, 0.6) is 0 Å². The predicted octanol–water partition coefficient (Wildman–Crippen LogP) is 2.22. The molecule has 0 atom stereocenters. The first-order valence-corrected chi connectivity index (χ1v) is 6.47. The minimum Gasteiger partial charge on any atom is -0.348 e. The lowest BCUT2D eigenvalue weighted by molar-refractivity contribution is -0.384. The molecule has 2 aromatic rings. The highest BCUT2D eigenvalue weighted by Crippen LogP contribution is 2.22. The zero-order chi connectivity index (χ0) is 15.6. The van der Waals surface area contributed by atoms with Gasteiger partial charge in [0, 0.05) is 37.0 Å². The topological polar surface area (TPSA) is 90.1 Å². The summed E-state index contributed by atoms with van der Waals surface area (Å²) in [6.45, 7) is 2.21. The van der Waals surface area contributed by atoms with Crippen LogP contribution in [0.2, 0.25) is 5.02 Å². The van der Waals surface area contributed by atoms with E-state index in [1.54, 1.807) is 10.9 Å². The number of nitrogens with one attached hydrogen (secondary N) is 1. The van der Waals surface area contributed by atoms with Crippen LogP contribution in [0.25, 0.3) is 0 Å². The maximum Gasteiger partial charge on any atom is 0.270 e. The maximum absolute atomic E-state index is 12.0. The highest BCUT2D eigenvalue weighted by atomic mass is 35.5. The third-order valence-electron chi connectivity index (χ3n) is 3.18. The number of amides is 1. The number of aryl methyl sites for hydroxylation is 1. The second-order valence-electron chi connectivity index (χ2n) is 4.48. The zero-order valence-electron chi connectivity index (χ0n) is 11.5. The van der Waals surface area contributed by atoms with Gasteiger partial charge in [-0.25, -0.2) is 0 Å². The van der Waals surface area contributed by atoms with Gasteiger partial charge in [-0.15, -0.1) is 0 Å². The molecule has 21 heavy (non-hydrogen) atoms. The maximum atomic E-state index is 12.0. The summed E-state index contributed by atoms with van der Waals surface area (Å²) in [5.41, 5.74) is 1.89. The fourth-order valence-electron chi connectivity index (χ4n) is 1.79. The number of rotatable bonds is 4. The smallest absolute Gasteiger partial charge is 0.270 e. The molecule has 0 aliphatic carbocycles. The van der Waals surface area contributed by atoms with E-state index in [1.165, 1.54) is 12.1 Å². The Bertz CT molecular complexity index is 711. The van der Waals surface area contributed by atoms with E-state index in [4.69, 9.17) is 11.6 Å². The quantitative estimate of drug-likeness (QED) is 0.692. The van der Waals surface area contributed by atoms with Crippen LogP contribution in [-0.2, 0) is 13.6 Å². The van der Waals surface area contributed by atoms with Gasteiger partial charge in [0.05, 0.1) is 21.7 Å². The summed E-state index contributed by atoms with van der Waals surface area (Å²) in [4.78, 5) is 22.1. The Hall–Kier alpha value is -2.41. The molecule has 0 unspecified atom stereocenters. The minimum absolute atomic E-state index is 0.0459. The first-order valence-electron chi connectivity index (χ1n) is 6.09. The third kappa shape index (κ3) is 3.19. The molecule has 0 saturated heterocycles. The van der Waals surface area contributed by atoms with Gasteiger partial charge in [0.25, 0.3) is 11.6 Å². The summed E-state index contributed by atoms with van der Waals surface area (Å²) in [6, 6.07) is 3.74. The fraction of sp³-hybridized carbons (Fsp3) is 0.231. The average Bonchev–Trinajstić information content (AvgIpc) is 2.76. The van der Waals surface area contributed by atoms with Crippen molar-refractivity contribution in [3.63, 3.8) is 0 Å². The summed E-state index contributed by atoms with van der Waals surface area (Å²) in [5.74, 6) is -0.391. The van der Waals surface area contributed by atoms with Gasteiger partial charge in [-0.2, -0.15) is 5.10 Å². The molecule has 0 aliphatic rings. The molecule has 0 radical (unpaired) electrons. The van der Waals surface area contributed by atoms with Crippen LogP contribution in [0.4, 0.5) is 5.69 Å². The van der Waals surface area contributed by atoms with Crippen molar-refractivity contribution < 1.29 is 9.72 Å². The van der Waals surface area contributed by atoms with Crippen LogP contribution in [-0.4, -0.2) is 20.6 Å². The predicted molar refractivity (Wildman–Crippen MR) is 77.2 cm³/mol. The first-order chi connectivity index (χ1) is 9.90. The number of carbonyl (C=O) groups excluding carboxylic acids is 1. The summed E-state index contributed by atoms with van der Waals surface area (Å²) < 4.78 is 1.71. The van der Waals surface area contributed by atoms with E-state index in [1.807, 2.05) is 14.0 Å². The van der Waals surface area contributed by atoms with Gasteiger partial charge in [-0.3, -0.25) is 19.6 Å². The molecule has 0 saturated carbocycles. The Balaban J connectivity index is 2.10. The number of carbonyl (C=O) groups is 1. The number of aromatic nitrogens is 2. The van der Waals surface area contributed by atoms with Crippen molar-refractivity contribution in [3.05, 3.63) is 56.4 Å². The molecular formula is C13H13ClN4O3. The Morgan fingerprint density at radius 3 is 2.76 bits per heavy atom. The van der Waals surface area contributed by atoms with Gasteiger partial charge >= 0.3 is 0 Å². The number of hydrogen-bond donors (Lipinski definition) is 1. The fourth-order valence-corrected chi connectivity index (χ4v) is 2.05. The van der Waals surface area contributed by atoms with Crippen LogP contribution < -0.4 is 5.32 Å². The van der Waals surface area contributed by atoms with Gasteiger partial charge < -0.3 is 5.32 Å². The lowest BCUT2D eigenvalue weighted by Crippen LogP contribution is -2.23. The van der Waals surface area contributed by atoms with Gasteiger partial charge in [-0.1, -0.05) is 11.6 Å². The largest absolute Gasteiger partial charge is 0.348 e. The molecule has 1 N–H and O–H groups in total. The van der Waals surface area contributed by atoms with Crippen molar-refractivity contribution in [3.8, 4) is 0 Å². The normalized spacial score (nSPS) is 10.4. The number of halogens is 1. The molecule has 1 amide bonds. The van der Waals surface area contributed by atoms with Crippen molar-refractivity contribution in [2.75, 3.05) is 0 Å². The second kappa shape index (κ2) is 5.92.